The maximum absolute atomic E-state index is 12.4. The Hall–Kier alpha value is -2.08. The first kappa shape index (κ1) is 12.9. The minimum atomic E-state index is -0.213. The van der Waals surface area contributed by atoms with Crippen LogP contribution in [-0.4, -0.2) is 19.3 Å². The van der Waals surface area contributed by atoms with E-state index in [2.05, 4.69) is 5.10 Å². The van der Waals surface area contributed by atoms with E-state index in [1.807, 2.05) is 33.1 Å². The van der Waals surface area contributed by atoms with Gasteiger partial charge in [0.2, 0.25) is 4.96 Å². The van der Waals surface area contributed by atoms with Crippen LogP contribution >= 0.6 is 11.3 Å². The highest BCUT2D eigenvalue weighted by Crippen LogP contribution is 2.33. The third-order valence-electron chi connectivity index (χ3n) is 3.92. The van der Waals surface area contributed by atoms with E-state index in [0.717, 1.165) is 16.7 Å². The lowest BCUT2D eigenvalue weighted by Gasteiger charge is -2.16. The van der Waals surface area contributed by atoms with Gasteiger partial charge in [-0.05, 0) is 44.4 Å². The zero-order valence-electron chi connectivity index (χ0n) is 11.8. The van der Waals surface area contributed by atoms with Crippen molar-refractivity contribution in [1.82, 2.24) is 14.2 Å². The van der Waals surface area contributed by atoms with Gasteiger partial charge in [0.25, 0.3) is 0 Å². The van der Waals surface area contributed by atoms with Gasteiger partial charge in [0.05, 0.1) is 5.69 Å². The average Bonchev–Trinajstić information content (AvgIpc) is 2.99. The molecule has 0 radical (unpaired) electrons. The number of rotatable bonds is 1. The molecule has 0 spiro atoms. The van der Waals surface area contributed by atoms with E-state index in [0.29, 0.717) is 16.2 Å². The Labute approximate surface area is 119 Å². The topological polar surface area (TPSA) is 59.5 Å². The highest BCUT2D eigenvalue weighted by atomic mass is 32.1. The predicted octanol–water partition coefficient (Wildman–Crippen LogP) is 2.49. The first-order valence-electron chi connectivity index (χ1n) is 6.28. The second-order valence-electron chi connectivity index (χ2n) is 4.95. The molecule has 5 nitrogen and oxygen atoms in total. The number of aromatic nitrogens is 3. The Bertz CT molecular complexity index is 857. The van der Waals surface area contributed by atoms with Crippen molar-refractivity contribution in [3.63, 3.8) is 0 Å². The van der Waals surface area contributed by atoms with E-state index < -0.39 is 0 Å². The highest BCUT2D eigenvalue weighted by Gasteiger charge is 2.19. The van der Waals surface area contributed by atoms with Crippen molar-refractivity contribution < 1.29 is 5.11 Å². The highest BCUT2D eigenvalue weighted by molar-refractivity contribution is 7.15. The molecule has 3 rings (SSSR count). The molecule has 6 heteroatoms. The van der Waals surface area contributed by atoms with Crippen LogP contribution in [0.15, 0.2) is 16.4 Å². The summed E-state index contributed by atoms with van der Waals surface area (Å²) in [4.78, 5) is 13.0. The molecule has 0 amide bonds. The van der Waals surface area contributed by atoms with E-state index in [9.17, 15) is 9.90 Å². The van der Waals surface area contributed by atoms with Crippen LogP contribution in [0.1, 0.15) is 22.3 Å². The van der Waals surface area contributed by atoms with E-state index in [4.69, 9.17) is 0 Å². The van der Waals surface area contributed by atoms with Crippen LogP contribution < -0.4 is 5.69 Å². The van der Waals surface area contributed by atoms with Gasteiger partial charge in [-0.3, -0.25) is 0 Å². The molecule has 0 atom stereocenters. The van der Waals surface area contributed by atoms with Crippen LogP contribution in [0.3, 0.4) is 0 Å². The van der Waals surface area contributed by atoms with Gasteiger partial charge in [-0.25, -0.2) is 9.20 Å². The summed E-state index contributed by atoms with van der Waals surface area (Å²) in [5.74, 6) is 0.228. The Kier molecular flexibility index (Phi) is 2.72. The van der Waals surface area contributed by atoms with Crippen molar-refractivity contribution >= 4 is 16.3 Å². The molecule has 2 aromatic heterocycles. The smallest absolute Gasteiger partial charge is 0.355 e. The third-order valence-corrected chi connectivity index (χ3v) is 4.67. The first-order chi connectivity index (χ1) is 9.43. The number of thiazole rings is 1. The number of fused-ring (bicyclic) bond motifs is 1. The summed E-state index contributed by atoms with van der Waals surface area (Å²) in [5, 5.41) is 16.4. The van der Waals surface area contributed by atoms with Gasteiger partial charge in [0.1, 0.15) is 5.75 Å². The lowest BCUT2D eigenvalue weighted by molar-refractivity contribution is 0.465. The second kappa shape index (κ2) is 4.21. The Balaban J connectivity index is 2.43. The van der Waals surface area contributed by atoms with Crippen LogP contribution in [0.25, 0.3) is 10.6 Å². The molecule has 0 aliphatic rings. The summed E-state index contributed by atoms with van der Waals surface area (Å²) in [6.07, 6.45) is 1.71. The summed E-state index contributed by atoms with van der Waals surface area (Å²) >= 11 is 1.41. The monoisotopic (exact) mass is 289 g/mol. The largest absolute Gasteiger partial charge is 0.507 e. The fraction of sp³-hybridized carbons (Fsp3) is 0.286. The van der Waals surface area contributed by atoms with Gasteiger partial charge in [-0.2, -0.15) is 4.68 Å². The summed E-state index contributed by atoms with van der Waals surface area (Å²) < 4.78 is 2.89. The molecule has 0 bridgehead atoms. The summed E-state index contributed by atoms with van der Waals surface area (Å²) in [5.41, 5.74) is 3.93. The van der Waals surface area contributed by atoms with E-state index >= 15 is 0 Å². The predicted molar refractivity (Wildman–Crippen MR) is 79.3 cm³/mol. The maximum Gasteiger partial charge on any atom is 0.355 e. The molecule has 20 heavy (non-hydrogen) atoms. The van der Waals surface area contributed by atoms with Crippen LogP contribution in [0, 0.1) is 27.7 Å². The number of benzene rings is 1. The molecule has 0 unspecified atom stereocenters. The molecular weight excluding hydrogens is 274 g/mol. The molecule has 0 saturated carbocycles. The van der Waals surface area contributed by atoms with Crippen molar-refractivity contribution in [2.75, 3.05) is 0 Å². The maximum atomic E-state index is 12.4. The minimum Gasteiger partial charge on any atom is -0.507 e. The minimum absolute atomic E-state index is 0.213. The number of phenolic OH excluding ortho intramolecular Hbond substituents is 1. The fourth-order valence-electron chi connectivity index (χ4n) is 2.49. The second-order valence-corrected chi connectivity index (χ2v) is 5.82. The lowest BCUT2D eigenvalue weighted by Crippen LogP contribution is -2.21. The van der Waals surface area contributed by atoms with E-state index in [1.54, 1.807) is 6.20 Å². The number of nitrogens with zero attached hydrogens (tertiary/aromatic N) is 3. The van der Waals surface area contributed by atoms with Gasteiger partial charge in [0.15, 0.2) is 0 Å². The molecule has 1 N–H and O–H groups in total. The van der Waals surface area contributed by atoms with Crippen LogP contribution in [0.2, 0.25) is 0 Å². The third kappa shape index (κ3) is 1.54. The molecule has 0 saturated heterocycles. The van der Waals surface area contributed by atoms with Crippen LogP contribution in [-0.2, 0) is 0 Å². The Morgan fingerprint density at radius 2 is 1.80 bits per heavy atom. The quantitative estimate of drug-likeness (QED) is 0.748. The van der Waals surface area contributed by atoms with Crippen molar-refractivity contribution in [1.29, 1.82) is 0 Å². The number of hydrogen-bond acceptors (Lipinski definition) is 4. The molecule has 0 fully saturated rings. The number of phenols is 1. The van der Waals surface area contributed by atoms with Crippen molar-refractivity contribution in [2.45, 2.75) is 27.7 Å². The van der Waals surface area contributed by atoms with Crippen LogP contribution in [0.5, 0.6) is 5.75 Å². The van der Waals surface area contributed by atoms with Gasteiger partial charge < -0.3 is 5.11 Å². The molecule has 0 aliphatic heterocycles. The van der Waals surface area contributed by atoms with E-state index in [-0.39, 0.29) is 11.4 Å². The molecule has 0 aliphatic carbocycles. The summed E-state index contributed by atoms with van der Waals surface area (Å²) in [6.45, 7) is 7.58. The Morgan fingerprint density at radius 3 is 2.45 bits per heavy atom. The average molecular weight is 289 g/mol. The number of hydrogen-bond donors (Lipinski definition) is 1. The van der Waals surface area contributed by atoms with Gasteiger partial charge in [-0.1, -0.05) is 0 Å². The first-order valence-corrected chi connectivity index (χ1v) is 7.16. The van der Waals surface area contributed by atoms with Crippen molar-refractivity contribution in [2.24, 2.45) is 0 Å². The zero-order chi connectivity index (χ0) is 14.6. The standard InChI is InChI=1S/C14H15N3O2S/c1-7-8(2)11(10(4)12(18)9(7)3)17-14(19)16-5-6-20-13(16)15-17/h5-6,18H,1-4H3. The number of aromatic hydroxyl groups is 1. The normalized spacial score (nSPS) is 11.4. The fourth-order valence-corrected chi connectivity index (χ4v) is 3.18. The SMILES string of the molecule is Cc1c(C)c(O)c(C)c(-n2nc3sccn3c2=O)c1C. The van der Waals surface area contributed by atoms with Gasteiger partial charge >= 0.3 is 5.69 Å². The van der Waals surface area contributed by atoms with Crippen molar-refractivity contribution in [3.8, 4) is 11.4 Å². The summed E-state index contributed by atoms with van der Waals surface area (Å²) in [7, 11) is 0. The molecule has 2 heterocycles. The summed E-state index contributed by atoms with van der Waals surface area (Å²) in [6, 6.07) is 0. The van der Waals surface area contributed by atoms with Gasteiger partial charge in [-0.15, -0.1) is 16.4 Å². The van der Waals surface area contributed by atoms with E-state index in [1.165, 1.54) is 20.4 Å². The molecule has 3 aromatic rings. The molecular formula is C14H15N3O2S. The van der Waals surface area contributed by atoms with Gasteiger partial charge in [0, 0.05) is 17.1 Å². The molecule has 1 aromatic carbocycles. The molecule has 104 valence electrons. The zero-order valence-corrected chi connectivity index (χ0v) is 12.6. The lowest BCUT2D eigenvalue weighted by atomic mass is 9.97. The Morgan fingerprint density at radius 1 is 1.10 bits per heavy atom. The van der Waals surface area contributed by atoms with Crippen LogP contribution in [0.4, 0.5) is 0 Å². The van der Waals surface area contributed by atoms with Crippen molar-refractivity contribution in [3.05, 3.63) is 44.3 Å².